The van der Waals surface area contributed by atoms with Crippen LogP contribution in [0.5, 0.6) is 0 Å². The van der Waals surface area contributed by atoms with Gasteiger partial charge in [0.05, 0.1) is 90.1 Å². The summed E-state index contributed by atoms with van der Waals surface area (Å²) >= 11 is 6.03. The van der Waals surface area contributed by atoms with Crippen LogP contribution in [0.1, 0.15) is 5.56 Å². The fourth-order valence-electron chi connectivity index (χ4n) is 13.6. The van der Waals surface area contributed by atoms with E-state index in [4.69, 9.17) is 17.3 Å². The molecule has 18 nitrogen and oxygen atoms in total. The third-order valence-electron chi connectivity index (χ3n) is 19.5. The lowest BCUT2D eigenvalue weighted by Gasteiger charge is -2.14. The topological polar surface area (TPSA) is 241 Å². The Morgan fingerprint density at radius 1 is 0.268 bits per heavy atom. The van der Waals surface area contributed by atoms with Crippen LogP contribution in [0.15, 0.2) is 359 Å². The maximum atomic E-state index is 14.4. The number of anilines is 11. The van der Waals surface area contributed by atoms with Gasteiger partial charge in [-0.15, -0.1) is 0 Å². The van der Waals surface area contributed by atoms with Gasteiger partial charge in [-0.1, -0.05) is 127 Å². The number of alkyl halides is 3. The first-order chi connectivity index (χ1) is 61.8. The smallest absolute Gasteiger partial charge is 0.384 e. The van der Waals surface area contributed by atoms with Crippen molar-refractivity contribution in [3.8, 4) is 56.3 Å². The van der Waals surface area contributed by atoms with Gasteiger partial charge in [-0.25, -0.2) is 71.2 Å². The summed E-state index contributed by atoms with van der Waals surface area (Å²) in [4.78, 5) is 50.7. The van der Waals surface area contributed by atoms with Gasteiger partial charge < -0.3 is 32.3 Å². The van der Waals surface area contributed by atoms with Gasteiger partial charge in [0.25, 0.3) is 0 Å². The third kappa shape index (κ3) is 20.6. The molecule has 0 spiro atoms. The standard InChI is InChI=1S/C21H13F4N3.C20H13F2N3.C20H14FN3.C19H13ClFN5.C19H13FN4/c22-17-6-5-13(21(23,24)25)11-16(17)20-12-19(27-14-7-9-26-10-8-14)15-3-1-2-4-18(15)28-20;21-13-5-6-17(22)16(11-13)20-12-19(24-14-7-9-23-10-8-14)15-3-1-2-4-18(15)25-20;21-17-7-3-1-5-15(17)19-13-20(23-14-9-11-22-12-10-14)16-6-2-4-8-18(16)24-19;20-11-5-6-14(21)13(7-11)17-8-16(12-3-1-2-4-15(12)25-17)26-19-9-18(22)23-10-24-19;20-15-7-3-1-5-13(15)17-11-18(24-19-9-10-21-12-22-19)14-6-2-4-8-16(14)23-17/h1-12H,(H,26,27,28);1-12H,(H,23,24,25);1-13H,(H,22,23,24);1-10H,(H3,22,23,24,25,26);1-12H,(H,21,22,23,24). The van der Waals surface area contributed by atoms with Crippen molar-refractivity contribution in [1.29, 1.82) is 0 Å². The Hall–Kier alpha value is -16.7. The molecule has 0 aliphatic rings. The van der Waals surface area contributed by atoms with Crippen LogP contribution in [0.25, 0.3) is 111 Å². The SMILES string of the molecule is Fc1ccc(C(F)(F)F)cc1-c1cc(Nc2ccncc2)c2ccccc2n1.Fc1ccc(F)c(-c2cc(Nc3ccncc3)c3ccccc3n2)c1.Fc1ccccc1-c1cc(Nc2ccncc2)c2ccccc2n1.Fc1ccccc1-c1cc(Nc2ccncn2)c2ccccc2n1.Nc1cc(Nc2cc(-c3cc(Cl)ccc3F)nc3ccccc23)ncn1. The molecule has 20 aromatic rings. The first-order valence-electron chi connectivity index (χ1n) is 39.0. The van der Waals surface area contributed by atoms with Gasteiger partial charge >= 0.3 is 6.18 Å². The number of nitrogens with one attached hydrogen (secondary N) is 5. The highest BCUT2D eigenvalue weighted by atomic mass is 35.5. The van der Waals surface area contributed by atoms with E-state index >= 15 is 0 Å². The van der Waals surface area contributed by atoms with Crippen molar-refractivity contribution in [1.82, 2.24) is 59.8 Å². The van der Waals surface area contributed by atoms with Gasteiger partial charge in [0.1, 0.15) is 65.0 Å². The van der Waals surface area contributed by atoms with Crippen molar-refractivity contribution in [2.45, 2.75) is 6.18 Å². The largest absolute Gasteiger partial charge is 0.416 e. The van der Waals surface area contributed by atoms with Crippen LogP contribution < -0.4 is 32.3 Å². The van der Waals surface area contributed by atoms with Crippen LogP contribution in [-0.2, 0) is 6.18 Å². The number of hydrogen-bond acceptors (Lipinski definition) is 18. The van der Waals surface area contributed by atoms with Gasteiger partial charge in [-0.05, 0) is 182 Å². The summed E-state index contributed by atoms with van der Waals surface area (Å²) in [5.41, 5.74) is 17.9. The molecule has 0 bridgehead atoms. The van der Waals surface area contributed by atoms with E-state index in [0.717, 1.165) is 114 Å². The molecule has 0 radical (unpaired) electrons. The van der Waals surface area contributed by atoms with Gasteiger partial charge in [0.2, 0.25) is 0 Å². The minimum absolute atomic E-state index is 0.110. The molecule has 7 N–H and O–H groups in total. The number of fused-ring (bicyclic) bond motifs is 5. The quantitative estimate of drug-likeness (QED) is 0.0523. The molecule has 10 heterocycles. The summed E-state index contributed by atoms with van der Waals surface area (Å²) in [6.07, 6.45) is 9.97. The molecule has 0 atom stereocenters. The van der Waals surface area contributed by atoms with Gasteiger partial charge in [-0.2, -0.15) is 13.2 Å². The number of nitrogens with two attached hydrogens (primary N) is 1. The van der Waals surface area contributed by atoms with Crippen molar-refractivity contribution < 1.29 is 39.5 Å². The Morgan fingerprint density at radius 3 is 0.976 bits per heavy atom. The maximum Gasteiger partial charge on any atom is 0.416 e. The van der Waals surface area contributed by atoms with Crippen LogP contribution >= 0.6 is 11.6 Å². The Morgan fingerprint density at radius 2 is 0.591 bits per heavy atom. The predicted molar refractivity (Wildman–Crippen MR) is 483 cm³/mol. The molecular formula is C99H66ClF9N18. The summed E-state index contributed by atoms with van der Waals surface area (Å²) in [5, 5.41) is 21.2. The van der Waals surface area contributed by atoms with Crippen LogP contribution in [0.4, 0.5) is 102 Å². The molecule has 20 rings (SSSR count). The lowest BCUT2D eigenvalue weighted by atomic mass is 10.0. The average Bonchev–Trinajstić information content (AvgIpc) is 0.789. The van der Waals surface area contributed by atoms with Crippen LogP contribution in [0.3, 0.4) is 0 Å². The second-order valence-corrected chi connectivity index (χ2v) is 28.5. The van der Waals surface area contributed by atoms with E-state index in [1.165, 1.54) is 36.9 Å². The molecule has 0 aliphatic carbocycles. The van der Waals surface area contributed by atoms with E-state index in [1.54, 1.807) is 134 Å². The first kappa shape index (κ1) is 83.9. The molecule has 10 aromatic heterocycles. The molecule has 127 heavy (non-hydrogen) atoms. The van der Waals surface area contributed by atoms with E-state index in [2.05, 4.69) is 86.4 Å². The van der Waals surface area contributed by atoms with Crippen molar-refractivity contribution in [3.05, 3.63) is 405 Å². The number of para-hydroxylation sites is 5. The summed E-state index contributed by atoms with van der Waals surface area (Å²) in [6.45, 7) is 0. The van der Waals surface area contributed by atoms with Crippen LogP contribution in [-0.4, -0.2) is 59.8 Å². The Labute approximate surface area is 724 Å². The second-order valence-electron chi connectivity index (χ2n) is 28.0. The molecule has 0 saturated heterocycles. The molecule has 0 saturated carbocycles. The van der Waals surface area contributed by atoms with E-state index in [-0.39, 0.29) is 28.5 Å². The van der Waals surface area contributed by atoms with E-state index in [9.17, 15) is 39.5 Å². The molecule has 28 heteroatoms. The van der Waals surface area contributed by atoms with E-state index in [0.29, 0.717) is 84.2 Å². The highest BCUT2D eigenvalue weighted by Gasteiger charge is 2.32. The number of nitrogens with zero attached hydrogens (tertiary/aromatic N) is 12. The number of aromatic nitrogens is 12. The molecular weight excluding hydrogens is 1650 g/mol. The maximum absolute atomic E-state index is 14.4. The Balaban J connectivity index is 0.000000117. The fourth-order valence-corrected chi connectivity index (χ4v) is 13.7. The molecule has 0 amide bonds. The average molecular weight is 1710 g/mol. The van der Waals surface area contributed by atoms with Crippen molar-refractivity contribution in [2.75, 3.05) is 32.3 Å². The number of nitrogen functional groups attached to an aromatic ring is 1. The number of benzene rings is 10. The zero-order valence-corrected chi connectivity index (χ0v) is 67.0. The summed E-state index contributed by atoms with van der Waals surface area (Å²) in [6, 6.07) is 84.2. The number of hydrogen-bond donors (Lipinski definition) is 6. The monoisotopic (exact) mass is 1710 g/mol. The summed E-state index contributed by atoms with van der Waals surface area (Å²) < 4.78 is 124. The minimum atomic E-state index is -4.57. The Bertz CT molecular complexity index is 7160. The number of pyridine rings is 8. The molecule has 0 unspecified atom stereocenters. The van der Waals surface area contributed by atoms with Gasteiger partial charge in [0, 0.05) is 126 Å². The summed E-state index contributed by atoms with van der Waals surface area (Å²) in [5.74, 6) is -1.22. The minimum Gasteiger partial charge on any atom is -0.384 e. The first-order valence-corrected chi connectivity index (χ1v) is 39.4. The lowest BCUT2D eigenvalue weighted by Crippen LogP contribution is -2.05. The molecule has 10 aromatic carbocycles. The van der Waals surface area contributed by atoms with Gasteiger partial charge in [-0.3, -0.25) is 15.0 Å². The Kier molecular flexibility index (Phi) is 25.5. The van der Waals surface area contributed by atoms with E-state index < -0.39 is 35.0 Å². The third-order valence-corrected chi connectivity index (χ3v) is 19.8. The van der Waals surface area contributed by atoms with Crippen LogP contribution in [0.2, 0.25) is 5.02 Å². The second kappa shape index (κ2) is 38.6. The fraction of sp³-hybridized carbons (Fsp3) is 0.0101. The van der Waals surface area contributed by atoms with E-state index in [1.807, 2.05) is 152 Å². The molecule has 0 aliphatic heterocycles. The zero-order chi connectivity index (χ0) is 87.8. The highest BCUT2D eigenvalue weighted by Crippen LogP contribution is 2.40. The van der Waals surface area contributed by atoms with Gasteiger partial charge in [0.15, 0.2) is 0 Å². The van der Waals surface area contributed by atoms with Crippen molar-refractivity contribution >= 4 is 129 Å². The predicted octanol–water partition coefficient (Wildman–Crippen LogP) is 26.1. The number of rotatable bonds is 15. The normalized spacial score (nSPS) is 10.9. The zero-order valence-electron chi connectivity index (χ0n) is 66.3. The van der Waals surface area contributed by atoms with Crippen LogP contribution in [0, 0.1) is 34.9 Å². The molecule has 622 valence electrons. The summed E-state index contributed by atoms with van der Waals surface area (Å²) in [7, 11) is 0. The molecule has 0 fully saturated rings. The number of halogens is 10. The highest BCUT2D eigenvalue weighted by molar-refractivity contribution is 6.30. The van der Waals surface area contributed by atoms with Crippen molar-refractivity contribution in [3.63, 3.8) is 0 Å². The lowest BCUT2D eigenvalue weighted by molar-refractivity contribution is -0.137. The van der Waals surface area contributed by atoms with Crippen molar-refractivity contribution in [2.24, 2.45) is 0 Å².